The number of carbonyl (C=O) groups excluding carboxylic acids is 3. The van der Waals surface area contributed by atoms with Crippen molar-refractivity contribution in [2.24, 2.45) is 0 Å². The van der Waals surface area contributed by atoms with Crippen LogP contribution in [0.4, 0.5) is 5.69 Å². The van der Waals surface area contributed by atoms with Gasteiger partial charge in [-0.1, -0.05) is 31.2 Å². The van der Waals surface area contributed by atoms with Crippen LogP contribution in [0, 0.1) is 0 Å². The lowest BCUT2D eigenvalue weighted by atomic mass is 10.1. The number of carbonyl (C=O) groups is 3. The number of nitrogens with zero attached hydrogens (tertiary/aromatic N) is 1. The Morgan fingerprint density at radius 2 is 1.71 bits per heavy atom. The van der Waals surface area contributed by atoms with Gasteiger partial charge >= 0.3 is 0 Å². The Kier molecular flexibility index (Phi) is 5.46. The Balaban J connectivity index is 1.78. The smallest absolute Gasteiger partial charge is 0.269 e. The molecule has 0 aliphatic carbocycles. The van der Waals surface area contributed by atoms with Gasteiger partial charge in [0, 0.05) is 6.54 Å². The van der Waals surface area contributed by atoms with Crippen LogP contribution in [0.15, 0.2) is 53.4 Å². The van der Waals surface area contributed by atoms with Gasteiger partial charge in [-0.15, -0.1) is 0 Å². The molecule has 0 spiro atoms. The molecule has 2 aromatic carbocycles. The molecule has 0 bridgehead atoms. The van der Waals surface area contributed by atoms with Gasteiger partial charge in [0.05, 0.1) is 16.8 Å². The number of rotatable bonds is 6. The van der Waals surface area contributed by atoms with Gasteiger partial charge < -0.3 is 10.6 Å². The first-order valence-electron chi connectivity index (χ1n) is 8.69. The lowest BCUT2D eigenvalue weighted by molar-refractivity contribution is -0.116. The number of fused-ring (bicyclic) bond motifs is 1. The Morgan fingerprint density at radius 1 is 1.04 bits per heavy atom. The van der Waals surface area contributed by atoms with Crippen molar-refractivity contribution in [3.05, 3.63) is 59.7 Å². The van der Waals surface area contributed by atoms with Crippen molar-refractivity contribution >= 4 is 33.4 Å². The van der Waals surface area contributed by atoms with Gasteiger partial charge in [-0.25, -0.2) is 12.7 Å². The first kappa shape index (κ1) is 19.6. The third-order valence-electron chi connectivity index (χ3n) is 4.18. The summed E-state index contributed by atoms with van der Waals surface area (Å²) in [6.07, 6.45) is 0.760. The molecule has 0 saturated carbocycles. The SMILES string of the molecule is CCCNC(=O)c1ccccc1NC(=O)CN1C(=O)c2ccccc2S1(=O)=O. The molecule has 1 aliphatic heterocycles. The fourth-order valence-electron chi connectivity index (χ4n) is 2.83. The molecule has 1 aliphatic rings. The predicted octanol–water partition coefficient (Wildman–Crippen LogP) is 1.61. The van der Waals surface area contributed by atoms with E-state index in [0.717, 1.165) is 6.42 Å². The van der Waals surface area contributed by atoms with Crippen LogP contribution in [-0.2, 0) is 14.8 Å². The monoisotopic (exact) mass is 401 g/mol. The summed E-state index contributed by atoms with van der Waals surface area (Å²) in [7, 11) is -4.08. The maximum Gasteiger partial charge on any atom is 0.269 e. The topological polar surface area (TPSA) is 113 Å². The van der Waals surface area contributed by atoms with E-state index in [-0.39, 0.29) is 27.6 Å². The maximum atomic E-state index is 12.5. The van der Waals surface area contributed by atoms with E-state index in [1.54, 1.807) is 24.3 Å². The van der Waals surface area contributed by atoms with Gasteiger partial charge in [0.25, 0.3) is 21.8 Å². The Hall–Kier alpha value is -3.20. The first-order chi connectivity index (χ1) is 13.4. The molecule has 9 heteroatoms. The van der Waals surface area contributed by atoms with E-state index >= 15 is 0 Å². The zero-order valence-electron chi connectivity index (χ0n) is 15.1. The third kappa shape index (κ3) is 3.61. The minimum Gasteiger partial charge on any atom is -0.352 e. The van der Waals surface area contributed by atoms with E-state index in [9.17, 15) is 22.8 Å². The van der Waals surface area contributed by atoms with E-state index in [4.69, 9.17) is 0 Å². The average molecular weight is 401 g/mol. The molecule has 2 aromatic rings. The Morgan fingerprint density at radius 3 is 2.43 bits per heavy atom. The Bertz CT molecular complexity index is 1050. The summed E-state index contributed by atoms with van der Waals surface area (Å²) in [5.41, 5.74) is 0.528. The summed E-state index contributed by atoms with van der Waals surface area (Å²) in [5, 5.41) is 5.24. The highest BCUT2D eigenvalue weighted by molar-refractivity contribution is 7.90. The van der Waals surface area contributed by atoms with Crippen LogP contribution in [0.1, 0.15) is 34.1 Å². The van der Waals surface area contributed by atoms with Crippen molar-refractivity contribution in [2.45, 2.75) is 18.2 Å². The minimum atomic E-state index is -4.08. The van der Waals surface area contributed by atoms with E-state index in [1.165, 1.54) is 24.3 Å². The maximum absolute atomic E-state index is 12.5. The highest BCUT2D eigenvalue weighted by Gasteiger charge is 2.41. The molecule has 0 fully saturated rings. The number of anilines is 1. The van der Waals surface area contributed by atoms with Crippen molar-refractivity contribution in [1.29, 1.82) is 0 Å². The van der Waals surface area contributed by atoms with E-state index in [0.29, 0.717) is 10.8 Å². The molecule has 1 heterocycles. The summed E-state index contributed by atoms with van der Waals surface area (Å²) in [6.45, 7) is 1.72. The van der Waals surface area contributed by atoms with Crippen LogP contribution in [-0.4, -0.2) is 43.5 Å². The summed E-state index contributed by atoms with van der Waals surface area (Å²) in [4.78, 5) is 37.0. The average Bonchev–Trinajstić information content (AvgIpc) is 2.87. The van der Waals surface area contributed by atoms with E-state index in [1.807, 2.05) is 6.92 Å². The number of nitrogens with one attached hydrogen (secondary N) is 2. The van der Waals surface area contributed by atoms with Crippen LogP contribution in [0.5, 0.6) is 0 Å². The molecule has 2 N–H and O–H groups in total. The molecular weight excluding hydrogens is 382 g/mol. The predicted molar refractivity (Wildman–Crippen MR) is 102 cm³/mol. The largest absolute Gasteiger partial charge is 0.352 e. The molecule has 8 nitrogen and oxygen atoms in total. The first-order valence-corrected chi connectivity index (χ1v) is 10.1. The van der Waals surface area contributed by atoms with Crippen LogP contribution >= 0.6 is 0 Å². The number of hydrogen-bond acceptors (Lipinski definition) is 5. The zero-order valence-corrected chi connectivity index (χ0v) is 16.0. The molecule has 3 amide bonds. The lowest BCUT2D eigenvalue weighted by Crippen LogP contribution is -2.37. The van der Waals surface area contributed by atoms with Gasteiger partial charge in [0.15, 0.2) is 0 Å². The molecular formula is C19H19N3O5S. The molecule has 0 aromatic heterocycles. The highest BCUT2D eigenvalue weighted by Crippen LogP contribution is 2.29. The number of sulfonamides is 1. The van der Waals surface area contributed by atoms with Crippen molar-refractivity contribution in [2.75, 3.05) is 18.4 Å². The van der Waals surface area contributed by atoms with Crippen molar-refractivity contribution in [1.82, 2.24) is 9.62 Å². The summed E-state index contributed by atoms with van der Waals surface area (Å²) >= 11 is 0. The van der Waals surface area contributed by atoms with Crippen LogP contribution in [0.2, 0.25) is 0 Å². The second-order valence-corrected chi connectivity index (χ2v) is 7.99. The molecule has 0 atom stereocenters. The van der Waals surface area contributed by atoms with Gasteiger partial charge in [-0.05, 0) is 30.7 Å². The Labute approximate surface area is 162 Å². The fourth-order valence-corrected chi connectivity index (χ4v) is 4.36. The van der Waals surface area contributed by atoms with Crippen molar-refractivity contribution < 1.29 is 22.8 Å². The van der Waals surface area contributed by atoms with Crippen LogP contribution in [0.3, 0.4) is 0 Å². The fraction of sp³-hybridized carbons (Fsp3) is 0.211. The standard InChI is InChI=1S/C19H19N3O5S/c1-2-11-20-18(24)13-7-3-5-9-15(13)21-17(23)12-22-19(25)14-8-4-6-10-16(14)28(22,26)27/h3-10H,2,11-12H2,1H3,(H,20,24)(H,21,23). The van der Waals surface area contributed by atoms with Gasteiger partial charge in [0.1, 0.15) is 11.4 Å². The zero-order chi connectivity index (χ0) is 20.3. The summed E-state index contributed by atoms with van der Waals surface area (Å²) < 4.78 is 25.6. The molecule has 28 heavy (non-hydrogen) atoms. The molecule has 0 radical (unpaired) electrons. The minimum absolute atomic E-state index is 0.0367. The van der Waals surface area contributed by atoms with Crippen LogP contribution < -0.4 is 10.6 Å². The van der Waals surface area contributed by atoms with Crippen LogP contribution in [0.25, 0.3) is 0 Å². The lowest BCUT2D eigenvalue weighted by Gasteiger charge is -2.16. The molecule has 0 unspecified atom stereocenters. The number of hydrogen-bond donors (Lipinski definition) is 2. The number of benzene rings is 2. The third-order valence-corrected chi connectivity index (χ3v) is 5.97. The normalized spacial score (nSPS) is 14.5. The second-order valence-electron chi connectivity index (χ2n) is 6.16. The van der Waals surface area contributed by atoms with E-state index < -0.39 is 28.4 Å². The van der Waals surface area contributed by atoms with Gasteiger partial charge in [-0.2, -0.15) is 0 Å². The number of amides is 3. The van der Waals surface area contributed by atoms with Gasteiger partial charge in [0.2, 0.25) is 5.91 Å². The van der Waals surface area contributed by atoms with Crippen molar-refractivity contribution in [3.63, 3.8) is 0 Å². The van der Waals surface area contributed by atoms with Gasteiger partial charge in [-0.3, -0.25) is 14.4 Å². The number of para-hydroxylation sites is 1. The molecule has 146 valence electrons. The summed E-state index contributed by atoms with van der Waals surface area (Å²) in [6, 6.07) is 12.2. The molecule has 3 rings (SSSR count). The van der Waals surface area contributed by atoms with Crippen molar-refractivity contribution in [3.8, 4) is 0 Å². The molecule has 0 saturated heterocycles. The summed E-state index contributed by atoms with van der Waals surface area (Å²) in [5.74, 6) is -1.82. The van der Waals surface area contributed by atoms with E-state index in [2.05, 4.69) is 10.6 Å². The highest BCUT2D eigenvalue weighted by atomic mass is 32.2. The quantitative estimate of drug-likeness (QED) is 0.764. The second kappa shape index (κ2) is 7.81.